The first-order valence-electron chi connectivity index (χ1n) is 5.43. The van der Waals surface area contributed by atoms with Crippen LogP contribution in [-0.4, -0.2) is 0 Å². The van der Waals surface area contributed by atoms with Gasteiger partial charge in [-0.3, -0.25) is 0 Å². The zero-order valence-corrected chi connectivity index (χ0v) is 11.0. The average molecular weight is 266 g/mol. The van der Waals surface area contributed by atoms with Gasteiger partial charge in [-0.25, -0.2) is 0 Å². The van der Waals surface area contributed by atoms with Crippen molar-refractivity contribution >= 4 is 28.9 Å². The number of anilines is 1. The second-order valence-electron chi connectivity index (χ2n) is 3.90. The Morgan fingerprint density at radius 1 is 1.00 bits per heavy atom. The van der Waals surface area contributed by atoms with E-state index in [4.69, 9.17) is 23.2 Å². The lowest BCUT2D eigenvalue weighted by molar-refractivity contribution is 0.885. The summed E-state index contributed by atoms with van der Waals surface area (Å²) in [5, 5.41) is 4.74. The van der Waals surface area contributed by atoms with E-state index < -0.39 is 0 Å². The largest absolute Gasteiger partial charge is 0.378 e. The molecular weight excluding hydrogens is 253 g/mol. The third kappa shape index (κ3) is 3.15. The predicted molar refractivity (Wildman–Crippen MR) is 74.9 cm³/mol. The van der Waals surface area contributed by atoms with E-state index in [0.717, 1.165) is 11.3 Å². The number of benzene rings is 2. The van der Waals surface area contributed by atoms with Crippen LogP contribution in [0, 0.1) is 0 Å². The molecule has 1 N–H and O–H groups in total. The normalized spacial score (nSPS) is 12.2. The van der Waals surface area contributed by atoms with Gasteiger partial charge in [0, 0.05) is 21.8 Å². The first kappa shape index (κ1) is 12.3. The maximum absolute atomic E-state index is 6.17. The van der Waals surface area contributed by atoms with Gasteiger partial charge >= 0.3 is 0 Å². The van der Waals surface area contributed by atoms with Crippen molar-refractivity contribution in [3.63, 3.8) is 0 Å². The Morgan fingerprint density at radius 2 is 1.71 bits per heavy atom. The molecule has 17 heavy (non-hydrogen) atoms. The molecule has 0 fully saturated rings. The fraction of sp³-hybridized carbons (Fsp3) is 0.143. The van der Waals surface area contributed by atoms with Crippen LogP contribution >= 0.6 is 23.2 Å². The molecule has 0 saturated carbocycles. The second-order valence-corrected chi connectivity index (χ2v) is 4.74. The van der Waals surface area contributed by atoms with Crippen molar-refractivity contribution in [2.75, 3.05) is 5.32 Å². The maximum Gasteiger partial charge on any atom is 0.0500 e. The number of rotatable bonds is 3. The molecule has 0 aliphatic rings. The van der Waals surface area contributed by atoms with E-state index in [0.29, 0.717) is 10.0 Å². The summed E-state index contributed by atoms with van der Waals surface area (Å²) in [5.41, 5.74) is 2.12. The van der Waals surface area contributed by atoms with Crippen LogP contribution < -0.4 is 5.32 Å². The molecule has 1 unspecified atom stereocenters. The molecule has 0 aliphatic carbocycles. The monoisotopic (exact) mass is 265 g/mol. The summed E-state index contributed by atoms with van der Waals surface area (Å²) in [5.74, 6) is 0. The van der Waals surface area contributed by atoms with Crippen LogP contribution in [0.2, 0.25) is 10.0 Å². The highest BCUT2D eigenvalue weighted by Crippen LogP contribution is 2.28. The Bertz CT molecular complexity index is 497. The lowest BCUT2D eigenvalue weighted by Crippen LogP contribution is -2.06. The predicted octanol–water partition coefficient (Wildman–Crippen LogP) is 5.17. The molecule has 2 aromatic rings. The number of para-hydroxylation sites is 1. The third-order valence-corrected chi connectivity index (χ3v) is 3.15. The minimum atomic E-state index is 0.141. The Morgan fingerprint density at radius 3 is 2.35 bits per heavy atom. The molecule has 88 valence electrons. The van der Waals surface area contributed by atoms with E-state index in [1.54, 1.807) is 6.07 Å². The molecule has 0 aromatic heterocycles. The molecule has 0 aliphatic heterocycles. The summed E-state index contributed by atoms with van der Waals surface area (Å²) >= 11 is 12.0. The van der Waals surface area contributed by atoms with Gasteiger partial charge in [0.25, 0.3) is 0 Å². The summed E-state index contributed by atoms with van der Waals surface area (Å²) in [6.45, 7) is 2.07. The molecule has 0 bridgehead atoms. The van der Waals surface area contributed by atoms with Crippen molar-refractivity contribution in [1.29, 1.82) is 0 Å². The van der Waals surface area contributed by atoms with Crippen LogP contribution in [-0.2, 0) is 0 Å². The van der Waals surface area contributed by atoms with Gasteiger partial charge < -0.3 is 5.32 Å². The molecule has 0 spiro atoms. The quantitative estimate of drug-likeness (QED) is 0.808. The van der Waals surface area contributed by atoms with Crippen LogP contribution in [0.15, 0.2) is 48.5 Å². The van der Waals surface area contributed by atoms with Crippen molar-refractivity contribution in [3.8, 4) is 0 Å². The van der Waals surface area contributed by atoms with Gasteiger partial charge in [-0.05, 0) is 36.8 Å². The SMILES string of the molecule is CC(Nc1ccccc1)c1ccc(Cl)cc1Cl. The van der Waals surface area contributed by atoms with Gasteiger partial charge in [0.15, 0.2) is 0 Å². The van der Waals surface area contributed by atoms with Gasteiger partial charge in [-0.1, -0.05) is 47.5 Å². The standard InChI is InChI=1S/C14H13Cl2N/c1-10(17-12-5-3-2-4-6-12)13-8-7-11(15)9-14(13)16/h2-10,17H,1H3. The molecule has 1 atom stereocenters. The fourth-order valence-corrected chi connectivity index (χ4v) is 2.29. The van der Waals surface area contributed by atoms with Crippen LogP contribution in [0.25, 0.3) is 0 Å². The highest BCUT2D eigenvalue weighted by atomic mass is 35.5. The molecule has 0 amide bonds. The van der Waals surface area contributed by atoms with Gasteiger partial charge in [0.05, 0.1) is 0 Å². The summed E-state index contributed by atoms with van der Waals surface area (Å²) in [4.78, 5) is 0. The summed E-state index contributed by atoms with van der Waals surface area (Å²) in [6, 6.07) is 15.8. The number of nitrogens with one attached hydrogen (secondary N) is 1. The zero-order valence-electron chi connectivity index (χ0n) is 9.45. The average Bonchev–Trinajstić information content (AvgIpc) is 2.30. The van der Waals surface area contributed by atoms with E-state index >= 15 is 0 Å². The summed E-state index contributed by atoms with van der Waals surface area (Å²) < 4.78 is 0. The zero-order chi connectivity index (χ0) is 12.3. The van der Waals surface area contributed by atoms with E-state index in [1.165, 1.54) is 0 Å². The first-order chi connectivity index (χ1) is 8.16. The van der Waals surface area contributed by atoms with Crippen LogP contribution in [0.4, 0.5) is 5.69 Å². The topological polar surface area (TPSA) is 12.0 Å². The highest BCUT2D eigenvalue weighted by molar-refractivity contribution is 6.35. The van der Waals surface area contributed by atoms with Gasteiger partial charge in [-0.2, -0.15) is 0 Å². The number of halogens is 2. The Labute approximate surface area is 111 Å². The smallest absolute Gasteiger partial charge is 0.0500 e. The fourth-order valence-electron chi connectivity index (χ4n) is 1.71. The molecule has 2 rings (SSSR count). The Hall–Kier alpha value is -1.18. The molecule has 1 nitrogen and oxygen atoms in total. The van der Waals surface area contributed by atoms with Crippen LogP contribution in [0.5, 0.6) is 0 Å². The van der Waals surface area contributed by atoms with Crippen molar-refractivity contribution in [1.82, 2.24) is 0 Å². The maximum atomic E-state index is 6.17. The number of hydrogen-bond acceptors (Lipinski definition) is 1. The van der Waals surface area contributed by atoms with E-state index in [2.05, 4.69) is 12.2 Å². The van der Waals surface area contributed by atoms with Crippen LogP contribution in [0.1, 0.15) is 18.5 Å². The van der Waals surface area contributed by atoms with E-state index in [1.807, 2.05) is 42.5 Å². The van der Waals surface area contributed by atoms with E-state index in [9.17, 15) is 0 Å². The van der Waals surface area contributed by atoms with Crippen LogP contribution in [0.3, 0.4) is 0 Å². The minimum Gasteiger partial charge on any atom is -0.378 e. The number of hydrogen-bond donors (Lipinski definition) is 1. The minimum absolute atomic E-state index is 0.141. The van der Waals surface area contributed by atoms with Gasteiger partial charge in [0.1, 0.15) is 0 Å². The van der Waals surface area contributed by atoms with E-state index in [-0.39, 0.29) is 6.04 Å². The van der Waals surface area contributed by atoms with Crippen molar-refractivity contribution < 1.29 is 0 Å². The highest BCUT2D eigenvalue weighted by Gasteiger charge is 2.09. The van der Waals surface area contributed by atoms with Gasteiger partial charge in [0.2, 0.25) is 0 Å². The van der Waals surface area contributed by atoms with Crippen molar-refractivity contribution in [2.45, 2.75) is 13.0 Å². The Kier molecular flexibility index (Phi) is 3.93. The molecule has 0 heterocycles. The van der Waals surface area contributed by atoms with Crippen molar-refractivity contribution in [2.24, 2.45) is 0 Å². The molecule has 2 aromatic carbocycles. The molecule has 3 heteroatoms. The lowest BCUT2D eigenvalue weighted by Gasteiger charge is -2.17. The lowest BCUT2D eigenvalue weighted by atomic mass is 10.1. The Balaban J connectivity index is 2.17. The molecular formula is C14H13Cl2N. The summed E-state index contributed by atoms with van der Waals surface area (Å²) in [6.07, 6.45) is 0. The first-order valence-corrected chi connectivity index (χ1v) is 6.19. The second kappa shape index (κ2) is 5.44. The summed E-state index contributed by atoms with van der Waals surface area (Å²) in [7, 11) is 0. The van der Waals surface area contributed by atoms with Gasteiger partial charge in [-0.15, -0.1) is 0 Å². The molecule has 0 saturated heterocycles. The third-order valence-electron chi connectivity index (χ3n) is 2.59. The molecule has 0 radical (unpaired) electrons. The van der Waals surface area contributed by atoms with Crippen molar-refractivity contribution in [3.05, 3.63) is 64.1 Å².